The Morgan fingerprint density at radius 1 is 1.61 bits per heavy atom. The van der Waals surface area contributed by atoms with E-state index in [9.17, 15) is 4.79 Å². The molecule has 0 N–H and O–H groups in total. The van der Waals surface area contributed by atoms with Gasteiger partial charge in [-0.05, 0) is 23.9 Å². The van der Waals surface area contributed by atoms with E-state index in [1.54, 1.807) is 6.08 Å². The van der Waals surface area contributed by atoms with Gasteiger partial charge in [0.05, 0.1) is 13.2 Å². The lowest BCUT2D eigenvalue weighted by Crippen LogP contribution is -2.35. The Balaban J connectivity index is 2.90. The fraction of sp³-hybridized carbons (Fsp3) is 0.727. The van der Waals surface area contributed by atoms with Crippen molar-refractivity contribution < 1.29 is 19.0 Å². The molecule has 0 bridgehead atoms. The molecule has 3 atom stereocenters. The van der Waals surface area contributed by atoms with Crippen LogP contribution in [0.15, 0.2) is 16.8 Å². The van der Waals surface area contributed by atoms with Gasteiger partial charge in [0.1, 0.15) is 6.79 Å². The third-order valence-corrected chi connectivity index (χ3v) is 2.95. The quantitative estimate of drug-likeness (QED) is 0.246. The molecule has 0 aromatic heterocycles. The molecule has 0 aliphatic heterocycles. The van der Waals surface area contributed by atoms with Crippen LogP contribution in [0.5, 0.6) is 0 Å². The van der Waals surface area contributed by atoms with Gasteiger partial charge in [-0.1, -0.05) is 12.0 Å². The lowest BCUT2D eigenvalue weighted by molar-refractivity contribution is -0.137. The average Bonchev–Trinajstić information content (AvgIpc) is 2.39. The first-order valence-electron chi connectivity index (χ1n) is 5.57. The molecule has 0 fully saturated rings. The molecule has 18 heavy (non-hydrogen) atoms. The summed E-state index contributed by atoms with van der Waals surface area (Å²) in [6.45, 7) is 2.02. The Labute approximate surface area is 105 Å². The minimum atomic E-state index is -0.425. The zero-order chi connectivity index (χ0) is 13.5. The number of hydrogen-bond donors (Lipinski definition) is 0. The Morgan fingerprint density at radius 2 is 2.33 bits per heavy atom. The Morgan fingerprint density at radius 3 is 2.89 bits per heavy atom. The third kappa shape index (κ3) is 3.46. The molecule has 1 rings (SSSR count). The highest BCUT2D eigenvalue weighted by Gasteiger charge is 2.32. The van der Waals surface area contributed by atoms with Crippen LogP contribution in [0.25, 0.3) is 10.4 Å². The van der Waals surface area contributed by atoms with Gasteiger partial charge in [-0.15, -0.1) is 0 Å². The molecule has 7 heteroatoms. The predicted molar refractivity (Wildman–Crippen MR) is 63.6 cm³/mol. The highest BCUT2D eigenvalue weighted by Crippen LogP contribution is 2.29. The standard InChI is InChI=1S/C11H17N3O4/c1-7-9(13-14-12)4-8(11(15)17-3)5-10(7)18-6-16-2/h5,7,9-10H,4,6H2,1-3H3. The van der Waals surface area contributed by atoms with Crippen molar-refractivity contribution in [3.63, 3.8) is 0 Å². The van der Waals surface area contributed by atoms with Crippen LogP contribution in [-0.2, 0) is 19.0 Å². The predicted octanol–water partition coefficient (Wildman–Crippen LogP) is 1.79. The first-order chi connectivity index (χ1) is 8.63. The number of methoxy groups -OCH3 is 2. The maximum Gasteiger partial charge on any atom is 0.333 e. The smallest absolute Gasteiger partial charge is 0.333 e. The second-order valence-electron chi connectivity index (χ2n) is 4.06. The van der Waals surface area contributed by atoms with Crippen LogP contribution in [0.1, 0.15) is 13.3 Å². The van der Waals surface area contributed by atoms with E-state index in [0.717, 1.165) is 0 Å². The number of rotatable bonds is 5. The summed E-state index contributed by atoms with van der Waals surface area (Å²) in [5.74, 6) is -0.449. The number of carbonyl (C=O) groups excluding carboxylic acids is 1. The van der Waals surface area contributed by atoms with Gasteiger partial charge in [0.25, 0.3) is 0 Å². The van der Waals surface area contributed by atoms with Crippen molar-refractivity contribution in [2.24, 2.45) is 11.0 Å². The molecular formula is C11H17N3O4. The average molecular weight is 255 g/mol. The van der Waals surface area contributed by atoms with Crippen molar-refractivity contribution in [2.45, 2.75) is 25.5 Å². The number of carbonyl (C=O) groups is 1. The largest absolute Gasteiger partial charge is 0.466 e. The lowest BCUT2D eigenvalue weighted by atomic mass is 9.84. The molecule has 0 amide bonds. The Hall–Kier alpha value is -1.56. The van der Waals surface area contributed by atoms with E-state index in [-0.39, 0.29) is 24.9 Å². The molecule has 0 saturated heterocycles. The van der Waals surface area contributed by atoms with E-state index < -0.39 is 5.97 Å². The van der Waals surface area contributed by atoms with Gasteiger partial charge >= 0.3 is 5.97 Å². The fourth-order valence-electron chi connectivity index (χ4n) is 1.89. The van der Waals surface area contributed by atoms with Crippen LogP contribution in [0.2, 0.25) is 0 Å². The second kappa shape index (κ2) is 7.00. The van der Waals surface area contributed by atoms with Crippen LogP contribution in [0, 0.1) is 5.92 Å². The fourth-order valence-corrected chi connectivity index (χ4v) is 1.89. The van der Waals surface area contributed by atoms with E-state index in [4.69, 9.17) is 15.0 Å². The summed E-state index contributed by atoms with van der Waals surface area (Å²) in [6, 6.07) is -0.323. The number of nitrogens with zero attached hydrogens (tertiary/aromatic N) is 3. The Kier molecular flexibility index (Phi) is 5.64. The highest BCUT2D eigenvalue weighted by atomic mass is 16.7. The maximum absolute atomic E-state index is 11.5. The topological polar surface area (TPSA) is 93.5 Å². The molecule has 0 saturated carbocycles. The molecule has 1 aliphatic rings. The van der Waals surface area contributed by atoms with Crippen LogP contribution < -0.4 is 0 Å². The molecular weight excluding hydrogens is 238 g/mol. The molecule has 0 spiro atoms. The van der Waals surface area contributed by atoms with Crippen LogP contribution in [0.3, 0.4) is 0 Å². The van der Waals surface area contributed by atoms with E-state index >= 15 is 0 Å². The van der Waals surface area contributed by atoms with Crippen LogP contribution in [-0.4, -0.2) is 39.1 Å². The molecule has 0 aromatic rings. The van der Waals surface area contributed by atoms with Gasteiger partial charge in [-0.3, -0.25) is 0 Å². The van der Waals surface area contributed by atoms with Gasteiger partial charge in [-0.25, -0.2) is 4.79 Å². The van der Waals surface area contributed by atoms with Crippen molar-refractivity contribution in [1.29, 1.82) is 0 Å². The van der Waals surface area contributed by atoms with Crippen LogP contribution >= 0.6 is 0 Å². The zero-order valence-electron chi connectivity index (χ0n) is 10.7. The first-order valence-corrected chi connectivity index (χ1v) is 5.57. The lowest BCUT2D eigenvalue weighted by Gasteiger charge is -2.31. The summed E-state index contributed by atoms with van der Waals surface area (Å²) in [5, 5.41) is 3.70. The normalized spacial score (nSPS) is 27.1. The minimum absolute atomic E-state index is 0.0237. The molecule has 100 valence electrons. The summed E-state index contributed by atoms with van der Waals surface area (Å²) in [5.41, 5.74) is 9.00. The molecule has 0 heterocycles. The summed E-state index contributed by atoms with van der Waals surface area (Å²) >= 11 is 0. The number of hydrogen-bond acceptors (Lipinski definition) is 5. The van der Waals surface area contributed by atoms with Crippen molar-refractivity contribution in [2.75, 3.05) is 21.0 Å². The third-order valence-electron chi connectivity index (χ3n) is 2.95. The number of azide groups is 1. The second-order valence-corrected chi connectivity index (χ2v) is 4.06. The molecule has 1 aliphatic carbocycles. The van der Waals surface area contributed by atoms with Crippen molar-refractivity contribution in [1.82, 2.24) is 0 Å². The Bertz CT molecular complexity index is 376. The summed E-state index contributed by atoms with van der Waals surface area (Å²) in [4.78, 5) is 14.3. The maximum atomic E-state index is 11.5. The number of ether oxygens (including phenoxy) is 3. The van der Waals surface area contributed by atoms with E-state index in [2.05, 4.69) is 14.8 Å². The monoisotopic (exact) mass is 255 g/mol. The van der Waals surface area contributed by atoms with Gasteiger partial charge < -0.3 is 14.2 Å². The molecule has 3 unspecified atom stereocenters. The zero-order valence-corrected chi connectivity index (χ0v) is 10.7. The van der Waals surface area contributed by atoms with E-state index in [0.29, 0.717) is 12.0 Å². The van der Waals surface area contributed by atoms with Crippen molar-refractivity contribution in [3.05, 3.63) is 22.1 Å². The first kappa shape index (κ1) is 14.5. The van der Waals surface area contributed by atoms with Gasteiger partial charge in [0, 0.05) is 23.6 Å². The van der Waals surface area contributed by atoms with Gasteiger partial charge in [0.15, 0.2) is 0 Å². The summed E-state index contributed by atoms with van der Waals surface area (Å²) < 4.78 is 15.0. The summed E-state index contributed by atoms with van der Waals surface area (Å²) in [7, 11) is 2.83. The molecule has 0 aromatic carbocycles. The summed E-state index contributed by atoms with van der Waals surface area (Å²) in [6.07, 6.45) is 1.74. The SMILES string of the molecule is COCOC1C=C(C(=O)OC)CC(N=[N+]=[N-])C1C. The van der Waals surface area contributed by atoms with E-state index in [1.165, 1.54) is 14.2 Å². The number of esters is 1. The van der Waals surface area contributed by atoms with Crippen molar-refractivity contribution in [3.8, 4) is 0 Å². The van der Waals surface area contributed by atoms with Gasteiger partial charge in [0.2, 0.25) is 0 Å². The van der Waals surface area contributed by atoms with Crippen LogP contribution in [0.4, 0.5) is 0 Å². The molecule has 0 radical (unpaired) electrons. The van der Waals surface area contributed by atoms with E-state index in [1.807, 2.05) is 6.92 Å². The molecule has 7 nitrogen and oxygen atoms in total. The highest BCUT2D eigenvalue weighted by molar-refractivity contribution is 5.88. The van der Waals surface area contributed by atoms with Gasteiger partial charge in [-0.2, -0.15) is 0 Å². The van der Waals surface area contributed by atoms with Crippen molar-refractivity contribution >= 4 is 5.97 Å². The minimum Gasteiger partial charge on any atom is -0.466 e.